The molecule has 1 aliphatic rings. The Labute approximate surface area is 221 Å². The van der Waals surface area contributed by atoms with Gasteiger partial charge < -0.3 is 24.5 Å². The van der Waals surface area contributed by atoms with Gasteiger partial charge in [-0.2, -0.15) is 13.2 Å². The van der Waals surface area contributed by atoms with Gasteiger partial charge in [0.05, 0.1) is 11.7 Å². The Morgan fingerprint density at radius 2 is 1.72 bits per heavy atom. The highest BCUT2D eigenvalue weighted by molar-refractivity contribution is 8.22. The van der Waals surface area contributed by atoms with Crippen LogP contribution in [0.5, 0.6) is 5.75 Å². The van der Waals surface area contributed by atoms with Crippen LogP contribution in [0.2, 0.25) is 0 Å². The number of benzene rings is 2. The SMILES string of the molecule is CN1CCN(C(=S)SCC(O)CN(C)CCC(Oc2ccc(C(F)(F)F)cc2)c2ccccc2)CC1. The van der Waals surface area contributed by atoms with Gasteiger partial charge in [-0.3, -0.25) is 0 Å². The van der Waals surface area contributed by atoms with Gasteiger partial charge in [-0.15, -0.1) is 0 Å². The van der Waals surface area contributed by atoms with E-state index in [0.717, 1.165) is 48.2 Å². The van der Waals surface area contributed by atoms with Gasteiger partial charge in [0.25, 0.3) is 0 Å². The molecule has 0 bridgehead atoms. The van der Waals surface area contributed by atoms with Gasteiger partial charge in [-0.1, -0.05) is 54.3 Å². The number of rotatable bonds is 10. The summed E-state index contributed by atoms with van der Waals surface area (Å²) in [5.74, 6) is 0.910. The number of thioether (sulfide) groups is 1. The third kappa shape index (κ3) is 9.23. The molecule has 0 amide bonds. The van der Waals surface area contributed by atoms with E-state index in [9.17, 15) is 18.3 Å². The molecule has 1 saturated heterocycles. The summed E-state index contributed by atoms with van der Waals surface area (Å²) in [6.07, 6.45) is -4.63. The van der Waals surface area contributed by atoms with Gasteiger partial charge in [0, 0.05) is 51.4 Å². The lowest BCUT2D eigenvalue weighted by atomic mass is 10.1. The van der Waals surface area contributed by atoms with E-state index in [1.807, 2.05) is 42.3 Å². The van der Waals surface area contributed by atoms with Crippen LogP contribution in [0, 0.1) is 0 Å². The van der Waals surface area contributed by atoms with Crippen molar-refractivity contribution in [1.82, 2.24) is 14.7 Å². The number of hydrogen-bond acceptors (Lipinski definition) is 6. The molecule has 36 heavy (non-hydrogen) atoms. The second-order valence-corrected chi connectivity index (χ2v) is 10.8. The van der Waals surface area contributed by atoms with E-state index in [2.05, 4.69) is 16.8 Å². The molecule has 10 heteroatoms. The summed E-state index contributed by atoms with van der Waals surface area (Å²) in [5, 5.41) is 10.5. The lowest BCUT2D eigenvalue weighted by molar-refractivity contribution is -0.137. The maximum atomic E-state index is 12.9. The van der Waals surface area contributed by atoms with Crippen molar-refractivity contribution < 1.29 is 23.0 Å². The minimum Gasteiger partial charge on any atom is -0.486 e. The quantitative estimate of drug-likeness (QED) is 0.435. The summed E-state index contributed by atoms with van der Waals surface area (Å²) < 4.78 is 45.6. The number of nitrogens with zero attached hydrogens (tertiary/aromatic N) is 3. The fourth-order valence-corrected chi connectivity index (χ4v) is 5.13. The normalized spacial score (nSPS) is 16.7. The molecule has 2 aromatic rings. The number of ether oxygens (including phenoxy) is 1. The lowest BCUT2D eigenvalue weighted by Crippen LogP contribution is -2.46. The molecule has 2 aromatic carbocycles. The molecule has 198 valence electrons. The first-order valence-electron chi connectivity index (χ1n) is 12.0. The van der Waals surface area contributed by atoms with E-state index in [0.29, 0.717) is 31.0 Å². The molecular weight excluding hydrogens is 507 g/mol. The summed E-state index contributed by atoms with van der Waals surface area (Å²) in [4.78, 5) is 6.51. The highest BCUT2D eigenvalue weighted by Gasteiger charge is 2.30. The van der Waals surface area contributed by atoms with Gasteiger partial charge >= 0.3 is 6.18 Å². The Balaban J connectivity index is 1.49. The van der Waals surface area contributed by atoms with Crippen LogP contribution >= 0.6 is 24.0 Å². The summed E-state index contributed by atoms with van der Waals surface area (Å²) >= 11 is 7.06. The van der Waals surface area contributed by atoms with Gasteiger partial charge in [0.15, 0.2) is 0 Å². The number of aliphatic hydroxyl groups excluding tert-OH is 1. The average molecular weight is 542 g/mol. The topological polar surface area (TPSA) is 39.2 Å². The van der Waals surface area contributed by atoms with E-state index < -0.39 is 17.8 Å². The first-order valence-corrected chi connectivity index (χ1v) is 13.4. The largest absolute Gasteiger partial charge is 0.486 e. The molecular formula is C26H34F3N3O2S2. The zero-order valence-corrected chi connectivity index (χ0v) is 22.3. The molecule has 0 saturated carbocycles. The molecule has 1 heterocycles. The van der Waals surface area contributed by atoms with E-state index in [-0.39, 0.29) is 6.10 Å². The second-order valence-electron chi connectivity index (χ2n) is 9.11. The number of thiocarbonyl (C=S) groups is 1. The molecule has 1 aliphatic heterocycles. The molecule has 0 aromatic heterocycles. The smallest absolute Gasteiger partial charge is 0.416 e. The van der Waals surface area contributed by atoms with Crippen LogP contribution in [0.4, 0.5) is 13.2 Å². The number of piperazine rings is 1. The van der Waals surface area contributed by atoms with Crippen LogP contribution in [-0.4, -0.2) is 89.3 Å². The highest BCUT2D eigenvalue weighted by Crippen LogP contribution is 2.32. The third-order valence-corrected chi connectivity index (χ3v) is 7.76. The fourth-order valence-electron chi connectivity index (χ4n) is 3.94. The van der Waals surface area contributed by atoms with Crippen molar-refractivity contribution in [1.29, 1.82) is 0 Å². The molecule has 1 N–H and O–H groups in total. The number of hydrogen-bond donors (Lipinski definition) is 1. The molecule has 0 spiro atoms. The van der Waals surface area contributed by atoms with E-state index in [1.165, 1.54) is 23.9 Å². The van der Waals surface area contributed by atoms with Crippen molar-refractivity contribution in [2.75, 3.05) is 59.1 Å². The highest BCUT2D eigenvalue weighted by atomic mass is 32.2. The Bertz CT molecular complexity index is 940. The summed E-state index contributed by atoms with van der Waals surface area (Å²) in [7, 11) is 4.04. The van der Waals surface area contributed by atoms with E-state index in [1.54, 1.807) is 0 Å². The first kappa shape index (κ1) is 28.7. The first-order chi connectivity index (χ1) is 17.1. The van der Waals surface area contributed by atoms with Gasteiger partial charge in [-0.05, 0) is 43.9 Å². The maximum Gasteiger partial charge on any atom is 0.416 e. The van der Waals surface area contributed by atoms with Crippen LogP contribution in [0.3, 0.4) is 0 Å². The van der Waals surface area contributed by atoms with E-state index in [4.69, 9.17) is 17.0 Å². The Kier molecular flexibility index (Phi) is 10.9. The summed E-state index contributed by atoms with van der Waals surface area (Å²) in [6, 6.07) is 14.4. The van der Waals surface area contributed by atoms with Crippen LogP contribution in [0.15, 0.2) is 54.6 Å². The minimum atomic E-state index is -4.38. The van der Waals surface area contributed by atoms with Crippen LogP contribution in [0.25, 0.3) is 0 Å². The van der Waals surface area contributed by atoms with E-state index >= 15 is 0 Å². The fraction of sp³-hybridized carbons (Fsp3) is 0.500. The van der Waals surface area contributed by atoms with Gasteiger partial charge in [0.2, 0.25) is 0 Å². The van der Waals surface area contributed by atoms with Crippen molar-refractivity contribution >= 4 is 28.3 Å². The van der Waals surface area contributed by atoms with Crippen molar-refractivity contribution in [2.24, 2.45) is 0 Å². The molecule has 5 nitrogen and oxygen atoms in total. The molecule has 0 aliphatic carbocycles. The Morgan fingerprint density at radius 1 is 1.08 bits per heavy atom. The lowest BCUT2D eigenvalue weighted by Gasteiger charge is -2.34. The summed E-state index contributed by atoms with van der Waals surface area (Å²) in [6.45, 7) is 4.94. The maximum absolute atomic E-state index is 12.9. The van der Waals surface area contributed by atoms with Crippen LogP contribution < -0.4 is 4.74 Å². The monoisotopic (exact) mass is 541 g/mol. The minimum absolute atomic E-state index is 0.332. The van der Waals surface area contributed by atoms with Crippen molar-refractivity contribution in [3.05, 3.63) is 65.7 Å². The summed E-state index contributed by atoms with van der Waals surface area (Å²) in [5.41, 5.74) is 0.240. The van der Waals surface area contributed by atoms with Crippen LogP contribution in [0.1, 0.15) is 23.7 Å². The molecule has 2 unspecified atom stereocenters. The average Bonchev–Trinajstić information content (AvgIpc) is 2.86. The standard InChI is InChI=1S/C26H34F3N3O2S2/c1-30-14-16-32(17-15-30)25(35)36-19-22(33)18-31(2)13-12-24(20-6-4-3-5-7-20)34-23-10-8-21(9-11-23)26(27,28)29/h3-11,22,24,33H,12-19H2,1-2H3. The molecule has 3 rings (SSSR count). The predicted octanol–water partition coefficient (Wildman–Crippen LogP) is 4.77. The number of aliphatic hydroxyl groups is 1. The molecule has 0 radical (unpaired) electrons. The third-order valence-electron chi connectivity index (χ3n) is 6.09. The van der Waals surface area contributed by atoms with Crippen LogP contribution in [-0.2, 0) is 6.18 Å². The zero-order valence-electron chi connectivity index (χ0n) is 20.7. The Hall–Kier alpha value is -1.85. The molecule has 1 fully saturated rings. The second kappa shape index (κ2) is 13.6. The van der Waals surface area contributed by atoms with Gasteiger partial charge in [0.1, 0.15) is 16.2 Å². The predicted molar refractivity (Wildman–Crippen MR) is 144 cm³/mol. The van der Waals surface area contributed by atoms with Crippen molar-refractivity contribution in [3.8, 4) is 5.75 Å². The number of likely N-dealkylation sites (N-methyl/N-ethyl adjacent to an activating group) is 2. The van der Waals surface area contributed by atoms with Gasteiger partial charge in [-0.25, -0.2) is 0 Å². The molecule has 2 atom stereocenters. The number of alkyl halides is 3. The Morgan fingerprint density at radius 3 is 2.33 bits per heavy atom. The number of halogens is 3. The van der Waals surface area contributed by atoms with Crippen molar-refractivity contribution in [3.63, 3.8) is 0 Å². The zero-order chi connectivity index (χ0) is 26.1. The van der Waals surface area contributed by atoms with Crippen molar-refractivity contribution in [2.45, 2.75) is 24.8 Å².